The Bertz CT molecular complexity index is 1110. The number of carbonyl (C=O) groups is 3. The van der Waals surface area contributed by atoms with Gasteiger partial charge in [-0.15, -0.1) is 0 Å². The van der Waals surface area contributed by atoms with E-state index >= 15 is 0 Å². The average molecular weight is 493 g/mol. The normalized spacial score (nSPS) is 13.5. The highest BCUT2D eigenvalue weighted by Gasteiger charge is 2.22. The van der Waals surface area contributed by atoms with E-state index in [1.165, 1.54) is 12.3 Å². The van der Waals surface area contributed by atoms with Crippen LogP contribution in [0, 0.1) is 6.92 Å². The number of amides is 2. The Hall–Kier alpha value is -3.37. The number of nitrogens with zero attached hydrogens (tertiary/aromatic N) is 2. The van der Waals surface area contributed by atoms with Crippen molar-refractivity contribution >= 4 is 52.6 Å². The lowest BCUT2D eigenvalue weighted by atomic mass is 9.98. The number of halogens is 2. The number of carbonyl (C=O) groups excluding carboxylic acids is 2. The molecule has 0 saturated carbocycles. The molecule has 174 valence electrons. The monoisotopic (exact) mass is 492 g/mol. The molecule has 0 saturated heterocycles. The van der Waals surface area contributed by atoms with E-state index in [2.05, 4.69) is 31.2 Å². The number of aliphatic imine (C=N–C) groups is 1. The summed E-state index contributed by atoms with van der Waals surface area (Å²) in [4.78, 5) is 44.5. The second-order valence-corrected chi connectivity index (χ2v) is 8.09. The van der Waals surface area contributed by atoms with Gasteiger partial charge < -0.3 is 26.4 Å². The molecule has 1 unspecified atom stereocenters. The van der Waals surface area contributed by atoms with Gasteiger partial charge in [-0.3, -0.25) is 24.4 Å². The number of aliphatic carboxylic acids is 1. The van der Waals surface area contributed by atoms with Crippen molar-refractivity contribution in [2.24, 2.45) is 4.99 Å². The minimum Gasteiger partial charge on any atom is -0.481 e. The van der Waals surface area contributed by atoms with Crippen molar-refractivity contribution in [1.29, 1.82) is 0 Å². The second-order valence-electron chi connectivity index (χ2n) is 7.25. The molecule has 0 radical (unpaired) electrons. The number of nitrogens with one attached hydrogen (secondary N) is 4. The van der Waals surface area contributed by atoms with Gasteiger partial charge in [0.2, 0.25) is 5.91 Å². The number of benzene rings is 1. The van der Waals surface area contributed by atoms with Gasteiger partial charge in [-0.05, 0) is 36.2 Å². The summed E-state index contributed by atoms with van der Waals surface area (Å²) in [5, 5.41) is 21.1. The number of hydrogen-bond donors (Lipinski definition) is 5. The van der Waals surface area contributed by atoms with E-state index in [0.717, 1.165) is 6.54 Å². The SMILES string of the molecule is Cc1c(Cl)cc(Cl)cc1C(CC(=O)O)NC(=O)CNC(=O)c1cncc(NC2=NCCN2)c1. The minimum absolute atomic E-state index is 0.242. The first-order valence-corrected chi connectivity index (χ1v) is 10.7. The van der Waals surface area contributed by atoms with Crippen molar-refractivity contribution in [3.05, 3.63) is 57.3 Å². The van der Waals surface area contributed by atoms with E-state index < -0.39 is 23.8 Å². The van der Waals surface area contributed by atoms with Gasteiger partial charge in [-0.1, -0.05) is 23.2 Å². The smallest absolute Gasteiger partial charge is 0.305 e. The van der Waals surface area contributed by atoms with Gasteiger partial charge >= 0.3 is 5.97 Å². The molecule has 1 aromatic carbocycles. The maximum absolute atomic E-state index is 12.5. The number of guanidine groups is 1. The Labute approximate surface area is 199 Å². The standard InChI is InChI=1S/C21H22Cl2N6O4/c1-11-15(5-13(22)6-16(11)23)17(7-19(31)32)29-18(30)10-27-20(33)12-4-14(9-24-8-12)28-21-25-2-3-26-21/h4-6,8-9,17H,2-3,7,10H2,1H3,(H,27,33)(H,29,30)(H,31,32)(H2,25,26,28). The Kier molecular flexibility index (Phi) is 8.07. The molecular weight excluding hydrogens is 471 g/mol. The van der Waals surface area contributed by atoms with E-state index in [1.807, 2.05) is 0 Å². The van der Waals surface area contributed by atoms with Crippen LogP contribution in [0.25, 0.3) is 0 Å². The Morgan fingerprint density at radius 1 is 1.21 bits per heavy atom. The number of carboxylic acids is 1. The van der Waals surface area contributed by atoms with E-state index in [0.29, 0.717) is 39.4 Å². The van der Waals surface area contributed by atoms with Crippen LogP contribution in [0.15, 0.2) is 35.6 Å². The van der Waals surface area contributed by atoms with E-state index in [-0.39, 0.29) is 18.5 Å². The molecule has 0 aliphatic carbocycles. The molecule has 0 fully saturated rings. The van der Waals surface area contributed by atoms with Gasteiger partial charge in [0, 0.05) is 22.8 Å². The largest absolute Gasteiger partial charge is 0.481 e. The van der Waals surface area contributed by atoms with Crippen LogP contribution in [-0.4, -0.2) is 53.5 Å². The molecule has 1 aromatic heterocycles. The van der Waals surface area contributed by atoms with Crippen LogP contribution in [0.2, 0.25) is 10.0 Å². The second kappa shape index (κ2) is 11.0. The summed E-state index contributed by atoms with van der Waals surface area (Å²) in [6, 6.07) is 3.79. The summed E-state index contributed by atoms with van der Waals surface area (Å²) in [5.41, 5.74) is 1.90. The summed E-state index contributed by atoms with van der Waals surface area (Å²) >= 11 is 12.2. The third kappa shape index (κ3) is 6.80. The predicted octanol–water partition coefficient (Wildman–Crippen LogP) is 2.13. The number of anilines is 1. The highest BCUT2D eigenvalue weighted by molar-refractivity contribution is 6.35. The lowest BCUT2D eigenvalue weighted by molar-refractivity contribution is -0.137. The summed E-state index contributed by atoms with van der Waals surface area (Å²) in [5.74, 6) is -1.61. The molecule has 3 rings (SSSR count). The van der Waals surface area contributed by atoms with Crippen molar-refractivity contribution in [3.8, 4) is 0 Å². The Morgan fingerprint density at radius 3 is 2.70 bits per heavy atom. The van der Waals surface area contributed by atoms with Crippen molar-refractivity contribution < 1.29 is 19.5 Å². The van der Waals surface area contributed by atoms with Gasteiger partial charge in [0.05, 0.1) is 43.0 Å². The fourth-order valence-electron chi connectivity index (χ4n) is 3.20. The molecule has 1 aliphatic heterocycles. The van der Waals surface area contributed by atoms with Crippen LogP contribution >= 0.6 is 23.2 Å². The molecule has 10 nitrogen and oxygen atoms in total. The quantitative estimate of drug-likeness (QED) is 0.379. The number of hydrogen-bond acceptors (Lipinski definition) is 7. The summed E-state index contributed by atoms with van der Waals surface area (Å²) in [6.45, 7) is 2.73. The molecule has 2 amide bonds. The van der Waals surface area contributed by atoms with Gasteiger partial charge in [0.1, 0.15) is 0 Å². The highest BCUT2D eigenvalue weighted by atomic mass is 35.5. The van der Waals surface area contributed by atoms with Gasteiger partial charge in [-0.2, -0.15) is 0 Å². The minimum atomic E-state index is -1.11. The molecule has 12 heteroatoms. The zero-order chi connectivity index (χ0) is 24.0. The van der Waals surface area contributed by atoms with Crippen molar-refractivity contribution in [1.82, 2.24) is 20.9 Å². The first kappa shape index (κ1) is 24.3. The maximum atomic E-state index is 12.5. The van der Waals surface area contributed by atoms with Gasteiger partial charge in [0.15, 0.2) is 5.96 Å². The average Bonchev–Trinajstić information content (AvgIpc) is 3.27. The number of pyridine rings is 1. The van der Waals surface area contributed by atoms with Crippen LogP contribution in [0.5, 0.6) is 0 Å². The third-order valence-electron chi connectivity index (χ3n) is 4.79. The molecule has 2 heterocycles. The summed E-state index contributed by atoms with van der Waals surface area (Å²) < 4.78 is 0. The molecule has 2 aromatic rings. The van der Waals surface area contributed by atoms with Crippen molar-refractivity contribution in [2.75, 3.05) is 25.0 Å². The van der Waals surface area contributed by atoms with Crippen LogP contribution in [0.4, 0.5) is 5.69 Å². The highest BCUT2D eigenvalue weighted by Crippen LogP contribution is 2.30. The Morgan fingerprint density at radius 2 is 2.00 bits per heavy atom. The van der Waals surface area contributed by atoms with Crippen LogP contribution in [-0.2, 0) is 9.59 Å². The van der Waals surface area contributed by atoms with Crippen LogP contribution in [0.3, 0.4) is 0 Å². The van der Waals surface area contributed by atoms with Gasteiger partial charge in [0.25, 0.3) is 5.91 Å². The number of carboxylic acid groups (broad SMARTS) is 1. The third-order valence-corrected chi connectivity index (χ3v) is 5.40. The zero-order valence-electron chi connectivity index (χ0n) is 17.6. The summed E-state index contributed by atoms with van der Waals surface area (Å²) in [6.07, 6.45) is 2.53. The molecule has 0 bridgehead atoms. The van der Waals surface area contributed by atoms with Gasteiger partial charge in [-0.25, -0.2) is 0 Å². The molecule has 1 aliphatic rings. The molecular formula is C21H22Cl2N6O4. The molecule has 0 spiro atoms. The van der Waals surface area contributed by atoms with Crippen molar-refractivity contribution in [3.63, 3.8) is 0 Å². The first-order chi connectivity index (χ1) is 15.7. The molecule has 33 heavy (non-hydrogen) atoms. The lowest BCUT2D eigenvalue weighted by Gasteiger charge is -2.20. The van der Waals surface area contributed by atoms with E-state index in [4.69, 9.17) is 23.2 Å². The lowest BCUT2D eigenvalue weighted by Crippen LogP contribution is -2.39. The van der Waals surface area contributed by atoms with E-state index in [1.54, 1.807) is 25.3 Å². The van der Waals surface area contributed by atoms with Crippen molar-refractivity contribution in [2.45, 2.75) is 19.4 Å². The Balaban J connectivity index is 1.63. The number of rotatable bonds is 8. The van der Waals surface area contributed by atoms with Crippen LogP contribution < -0.4 is 21.3 Å². The first-order valence-electron chi connectivity index (χ1n) is 9.98. The zero-order valence-corrected chi connectivity index (χ0v) is 19.1. The van der Waals surface area contributed by atoms with Crippen LogP contribution in [0.1, 0.15) is 33.9 Å². The van der Waals surface area contributed by atoms with E-state index in [9.17, 15) is 19.5 Å². The fourth-order valence-corrected chi connectivity index (χ4v) is 3.71. The molecule has 5 N–H and O–H groups in total. The number of aromatic nitrogens is 1. The summed E-state index contributed by atoms with van der Waals surface area (Å²) in [7, 11) is 0. The topological polar surface area (TPSA) is 145 Å². The maximum Gasteiger partial charge on any atom is 0.305 e. The predicted molar refractivity (Wildman–Crippen MR) is 125 cm³/mol. The fraction of sp³-hybridized carbons (Fsp3) is 0.286. The molecule has 1 atom stereocenters.